The summed E-state index contributed by atoms with van der Waals surface area (Å²) >= 11 is 0. The van der Waals surface area contributed by atoms with E-state index in [1.165, 1.54) is 36.4 Å². The van der Waals surface area contributed by atoms with Crippen molar-refractivity contribution in [2.75, 3.05) is 13.2 Å². The maximum atomic E-state index is 13.1. The van der Waals surface area contributed by atoms with E-state index >= 15 is 0 Å². The van der Waals surface area contributed by atoms with E-state index in [1.807, 2.05) is 0 Å². The molecule has 10 heteroatoms. The molecule has 0 saturated carbocycles. The third-order valence-corrected chi connectivity index (χ3v) is 4.27. The van der Waals surface area contributed by atoms with Gasteiger partial charge in [0.25, 0.3) is 11.4 Å². The van der Waals surface area contributed by atoms with E-state index < -0.39 is 16.0 Å². The first-order valence-electron chi connectivity index (χ1n) is 9.73. The maximum absolute atomic E-state index is 13.1. The molecule has 1 heterocycles. The highest BCUT2D eigenvalue weighted by atomic mass is 19.1. The Morgan fingerprint density at radius 3 is 1.97 bits per heavy atom. The molecule has 0 aromatic heterocycles. The lowest BCUT2D eigenvalue weighted by molar-refractivity contribution is -0.385. The van der Waals surface area contributed by atoms with Crippen LogP contribution in [-0.4, -0.2) is 40.6 Å². The van der Waals surface area contributed by atoms with Crippen LogP contribution in [0.15, 0.2) is 61.2 Å². The Hall–Kier alpha value is -3.50. The van der Waals surface area contributed by atoms with E-state index in [0.717, 1.165) is 5.56 Å². The van der Waals surface area contributed by atoms with Crippen molar-refractivity contribution < 1.29 is 28.9 Å². The van der Waals surface area contributed by atoms with E-state index in [-0.39, 0.29) is 24.1 Å². The van der Waals surface area contributed by atoms with Gasteiger partial charge in [-0.25, -0.2) is 4.39 Å². The van der Waals surface area contributed by atoms with Gasteiger partial charge in [0.1, 0.15) is 12.5 Å². The van der Waals surface area contributed by atoms with Crippen molar-refractivity contribution in [3.63, 3.8) is 0 Å². The number of carbonyl (C=O) groups is 1. The number of benzene rings is 2. The van der Waals surface area contributed by atoms with E-state index in [4.69, 9.17) is 9.84 Å². The normalized spacial score (nSPS) is 16.9. The zero-order valence-electron chi connectivity index (χ0n) is 17.3. The van der Waals surface area contributed by atoms with Gasteiger partial charge in [0, 0.05) is 49.3 Å². The molecular formula is C22H25FN2O7. The van der Waals surface area contributed by atoms with Gasteiger partial charge in [-0.05, 0) is 36.2 Å². The van der Waals surface area contributed by atoms with Crippen LogP contribution in [0.4, 0.5) is 15.8 Å². The van der Waals surface area contributed by atoms with Crippen molar-refractivity contribution in [1.29, 1.82) is 0 Å². The molecule has 1 aliphatic heterocycles. The van der Waals surface area contributed by atoms with E-state index in [2.05, 4.69) is 6.58 Å². The molecular weight excluding hydrogens is 423 g/mol. The highest BCUT2D eigenvalue weighted by Crippen LogP contribution is 2.30. The number of aliphatic hydroxyl groups is 1. The van der Waals surface area contributed by atoms with Gasteiger partial charge in [0.05, 0.1) is 22.6 Å². The molecule has 1 saturated heterocycles. The predicted octanol–water partition coefficient (Wildman–Crippen LogP) is 4.75. The lowest BCUT2D eigenvalue weighted by atomic mass is 10.00. The van der Waals surface area contributed by atoms with Gasteiger partial charge in [-0.3, -0.25) is 25.0 Å². The summed E-state index contributed by atoms with van der Waals surface area (Å²) < 4.78 is 18.6. The Labute approximate surface area is 184 Å². The summed E-state index contributed by atoms with van der Waals surface area (Å²) in [6.07, 6.45) is 2.68. The molecule has 3 rings (SSSR count). The average Bonchev–Trinajstić information content (AvgIpc) is 2.80. The smallest absolute Gasteiger partial charge is 0.269 e. The van der Waals surface area contributed by atoms with Crippen molar-refractivity contribution in [1.82, 2.24) is 0 Å². The summed E-state index contributed by atoms with van der Waals surface area (Å²) in [5, 5.41) is 28.6. The number of nitro benzene ring substituents is 2. The minimum Gasteiger partial charge on any atom is -0.396 e. The monoisotopic (exact) mass is 448 g/mol. The van der Waals surface area contributed by atoms with Crippen LogP contribution in [0.25, 0.3) is 0 Å². The second-order valence-electron chi connectivity index (χ2n) is 6.60. The number of hydrogen-bond donors (Lipinski definition) is 1. The molecule has 1 aliphatic rings. The fourth-order valence-electron chi connectivity index (χ4n) is 2.57. The number of non-ortho nitro benzene ring substituents is 2. The number of alkyl halides is 1. The van der Waals surface area contributed by atoms with Gasteiger partial charge in [-0.15, -0.1) is 6.58 Å². The van der Waals surface area contributed by atoms with Gasteiger partial charge in [0.2, 0.25) is 0 Å². The van der Waals surface area contributed by atoms with Crippen molar-refractivity contribution in [2.45, 2.75) is 31.5 Å². The Bertz CT molecular complexity index is 873. The zero-order valence-corrected chi connectivity index (χ0v) is 17.3. The number of rotatable bonds is 6. The molecule has 0 spiro atoms. The molecule has 2 aromatic carbocycles. The summed E-state index contributed by atoms with van der Waals surface area (Å²) in [7, 11) is 0. The van der Waals surface area contributed by atoms with Crippen LogP contribution in [0, 0.1) is 20.2 Å². The predicted molar refractivity (Wildman–Crippen MR) is 116 cm³/mol. The van der Waals surface area contributed by atoms with Crippen molar-refractivity contribution in [3.8, 4) is 0 Å². The average molecular weight is 448 g/mol. The van der Waals surface area contributed by atoms with Gasteiger partial charge >= 0.3 is 0 Å². The van der Waals surface area contributed by atoms with Crippen LogP contribution < -0.4 is 0 Å². The fourth-order valence-corrected chi connectivity index (χ4v) is 2.57. The molecule has 0 bridgehead atoms. The minimum absolute atomic E-state index is 0.00407. The minimum atomic E-state index is -0.839. The Balaban J connectivity index is 0.000000278. The van der Waals surface area contributed by atoms with Crippen molar-refractivity contribution in [3.05, 3.63) is 92.5 Å². The first-order chi connectivity index (χ1) is 15.3. The molecule has 0 amide bonds. The summed E-state index contributed by atoms with van der Waals surface area (Å²) in [4.78, 5) is 29.7. The van der Waals surface area contributed by atoms with E-state index in [0.29, 0.717) is 37.7 Å². The Morgan fingerprint density at radius 2 is 1.59 bits per heavy atom. The number of carbonyl (C=O) groups excluding carboxylic acids is 1. The molecule has 172 valence electrons. The van der Waals surface area contributed by atoms with Crippen molar-refractivity contribution >= 4 is 17.7 Å². The number of halogens is 1. The SMILES string of the molecule is C=CCCO.O=Cc1ccc([N+](=O)[O-])cc1.O=[N+]([O-])c1ccc([C@H]2C[C@@H](F)CCO2)cc1. The molecule has 2 aromatic rings. The summed E-state index contributed by atoms with van der Waals surface area (Å²) in [6, 6.07) is 11.5. The molecule has 2 atom stereocenters. The molecule has 0 radical (unpaired) electrons. The van der Waals surface area contributed by atoms with Gasteiger partial charge in [0.15, 0.2) is 0 Å². The van der Waals surface area contributed by atoms with Gasteiger partial charge < -0.3 is 9.84 Å². The third kappa shape index (κ3) is 9.54. The van der Waals surface area contributed by atoms with Crippen molar-refractivity contribution in [2.24, 2.45) is 0 Å². The number of nitrogens with zero attached hydrogens (tertiary/aromatic N) is 2. The third-order valence-electron chi connectivity index (χ3n) is 4.27. The molecule has 9 nitrogen and oxygen atoms in total. The topological polar surface area (TPSA) is 133 Å². The summed E-state index contributed by atoms with van der Waals surface area (Å²) in [6.45, 7) is 4.02. The largest absolute Gasteiger partial charge is 0.396 e. The molecule has 1 N–H and O–H groups in total. The molecule has 1 fully saturated rings. The first kappa shape index (κ1) is 26.5. The van der Waals surface area contributed by atoms with Gasteiger partial charge in [-0.1, -0.05) is 6.08 Å². The Kier molecular flexibility index (Phi) is 12.0. The second-order valence-corrected chi connectivity index (χ2v) is 6.60. The Morgan fingerprint density at radius 1 is 1.06 bits per heavy atom. The summed E-state index contributed by atoms with van der Waals surface area (Å²) in [5.74, 6) is 0. The lowest BCUT2D eigenvalue weighted by Crippen LogP contribution is -2.20. The molecule has 0 aliphatic carbocycles. The number of aldehydes is 1. The molecule has 0 unspecified atom stereocenters. The standard InChI is InChI=1S/C11H12FNO3.C7H5NO3.C4H8O/c12-9-5-6-16-11(7-9)8-1-3-10(4-2-8)13(14)15;9-5-6-1-3-7(4-2-6)8(10)11;1-2-3-4-5/h1-4,9,11H,5-7H2;1-5H;2,5H,1,3-4H2/t9-,11+;;/m0../s1. The van der Waals surface area contributed by atoms with Crippen LogP contribution in [0.1, 0.15) is 41.3 Å². The fraction of sp³-hybridized carbons (Fsp3) is 0.318. The number of aliphatic hydroxyl groups excluding tert-OH is 1. The van der Waals surface area contributed by atoms with E-state index in [9.17, 15) is 29.4 Å². The zero-order chi connectivity index (χ0) is 23.9. The van der Waals surface area contributed by atoms with Crippen LogP contribution in [0.3, 0.4) is 0 Å². The van der Waals surface area contributed by atoms with Gasteiger partial charge in [-0.2, -0.15) is 0 Å². The highest BCUT2D eigenvalue weighted by molar-refractivity contribution is 5.75. The van der Waals surface area contributed by atoms with E-state index in [1.54, 1.807) is 18.2 Å². The van der Waals surface area contributed by atoms with Crippen LogP contribution in [0.5, 0.6) is 0 Å². The second kappa shape index (κ2) is 14.5. The number of hydrogen-bond acceptors (Lipinski definition) is 7. The quantitative estimate of drug-likeness (QED) is 0.292. The van der Waals surface area contributed by atoms with Crippen LogP contribution in [-0.2, 0) is 4.74 Å². The first-order valence-corrected chi connectivity index (χ1v) is 9.73. The summed E-state index contributed by atoms with van der Waals surface area (Å²) in [5.41, 5.74) is 1.27. The van der Waals surface area contributed by atoms with Crippen LogP contribution >= 0.6 is 0 Å². The maximum Gasteiger partial charge on any atom is 0.269 e. The number of nitro groups is 2. The van der Waals surface area contributed by atoms with Crippen LogP contribution in [0.2, 0.25) is 0 Å². The highest BCUT2D eigenvalue weighted by Gasteiger charge is 2.23. The lowest BCUT2D eigenvalue weighted by Gasteiger charge is -2.25. The molecule has 32 heavy (non-hydrogen) atoms. The number of ether oxygens (including phenoxy) is 1.